The minimum atomic E-state index is -0.443. The molecular formula is C6H15N3O2. The molecule has 0 amide bonds. The van der Waals surface area contributed by atoms with E-state index in [0.29, 0.717) is 0 Å². The van der Waals surface area contributed by atoms with Gasteiger partial charge in [-0.1, -0.05) is 5.16 Å². The average molecular weight is 161 g/mol. The minimum Gasteiger partial charge on any atom is -0.409 e. The lowest BCUT2D eigenvalue weighted by molar-refractivity contribution is 0.155. The van der Waals surface area contributed by atoms with Crippen LogP contribution in [-0.4, -0.2) is 34.8 Å². The third-order valence-corrected chi connectivity index (χ3v) is 1.46. The Morgan fingerprint density at radius 1 is 1.64 bits per heavy atom. The van der Waals surface area contributed by atoms with Crippen LogP contribution < -0.4 is 11.1 Å². The highest BCUT2D eigenvalue weighted by molar-refractivity contribution is 5.81. The van der Waals surface area contributed by atoms with Gasteiger partial charge in [0.2, 0.25) is 0 Å². The summed E-state index contributed by atoms with van der Waals surface area (Å²) in [5, 5.41) is 22.8. The fraction of sp³-hybridized carbons (Fsp3) is 0.833. The van der Waals surface area contributed by atoms with Gasteiger partial charge < -0.3 is 21.4 Å². The molecular weight excluding hydrogens is 146 g/mol. The van der Waals surface area contributed by atoms with Gasteiger partial charge in [0.15, 0.2) is 5.84 Å². The number of nitrogens with two attached hydrogens (primary N) is 1. The fourth-order valence-corrected chi connectivity index (χ4v) is 0.471. The molecule has 0 saturated heterocycles. The first-order chi connectivity index (χ1) is 5.07. The van der Waals surface area contributed by atoms with Crippen LogP contribution in [0.15, 0.2) is 5.16 Å². The molecule has 5 nitrogen and oxygen atoms in total. The smallest absolute Gasteiger partial charge is 0.153 e. The van der Waals surface area contributed by atoms with Crippen LogP contribution >= 0.6 is 0 Å². The van der Waals surface area contributed by atoms with Gasteiger partial charge in [-0.05, 0) is 13.8 Å². The van der Waals surface area contributed by atoms with Crippen molar-refractivity contribution in [2.45, 2.75) is 26.0 Å². The molecule has 0 radical (unpaired) electrons. The van der Waals surface area contributed by atoms with Crippen molar-refractivity contribution in [3.8, 4) is 0 Å². The molecule has 2 atom stereocenters. The molecule has 0 rings (SSSR count). The van der Waals surface area contributed by atoms with Gasteiger partial charge in [0.1, 0.15) is 0 Å². The number of nitrogens with one attached hydrogen (secondary N) is 1. The van der Waals surface area contributed by atoms with Crippen LogP contribution in [0.25, 0.3) is 0 Å². The molecule has 0 bridgehead atoms. The predicted octanol–water partition coefficient (Wildman–Crippen LogP) is -0.908. The lowest BCUT2D eigenvalue weighted by atomic mass is 10.2. The second kappa shape index (κ2) is 4.92. The summed E-state index contributed by atoms with van der Waals surface area (Å²) in [7, 11) is 0. The molecule has 0 aliphatic carbocycles. The van der Waals surface area contributed by atoms with Gasteiger partial charge >= 0.3 is 0 Å². The molecule has 0 saturated carbocycles. The van der Waals surface area contributed by atoms with Crippen molar-refractivity contribution in [1.82, 2.24) is 5.32 Å². The molecule has 2 unspecified atom stereocenters. The number of amidine groups is 1. The van der Waals surface area contributed by atoms with E-state index in [1.807, 2.05) is 6.92 Å². The minimum absolute atomic E-state index is 0.0599. The Labute approximate surface area is 65.9 Å². The maximum absolute atomic E-state index is 9.00. The highest BCUT2D eigenvalue weighted by Gasteiger charge is 2.07. The van der Waals surface area contributed by atoms with Crippen molar-refractivity contribution >= 4 is 5.84 Å². The highest BCUT2D eigenvalue weighted by Crippen LogP contribution is 1.88. The van der Waals surface area contributed by atoms with E-state index in [9.17, 15) is 0 Å². The second-order valence-electron chi connectivity index (χ2n) is 2.50. The largest absolute Gasteiger partial charge is 0.409 e. The van der Waals surface area contributed by atoms with Crippen LogP contribution in [0.2, 0.25) is 0 Å². The van der Waals surface area contributed by atoms with E-state index in [2.05, 4.69) is 10.5 Å². The molecule has 0 aliphatic rings. The summed E-state index contributed by atoms with van der Waals surface area (Å²) in [4.78, 5) is 0. The van der Waals surface area contributed by atoms with Crippen molar-refractivity contribution in [3.05, 3.63) is 0 Å². The number of rotatable bonds is 4. The van der Waals surface area contributed by atoms with Gasteiger partial charge in [-0.15, -0.1) is 0 Å². The first-order valence-corrected chi connectivity index (χ1v) is 3.45. The molecule has 5 heteroatoms. The summed E-state index contributed by atoms with van der Waals surface area (Å²) in [5.41, 5.74) is 5.18. The zero-order valence-corrected chi connectivity index (χ0v) is 6.78. The standard InChI is InChI=1S/C6H15N3O2/c1-4(5(2)10)8-3-6(7)9-11/h4-5,8,10-11H,3H2,1-2H3,(H2,7,9). The Kier molecular flexibility index (Phi) is 4.56. The number of aliphatic hydroxyl groups excluding tert-OH is 1. The number of hydrogen-bond donors (Lipinski definition) is 4. The fourth-order valence-electron chi connectivity index (χ4n) is 0.471. The lowest BCUT2D eigenvalue weighted by Gasteiger charge is -2.15. The van der Waals surface area contributed by atoms with Gasteiger partial charge in [0.25, 0.3) is 0 Å². The van der Waals surface area contributed by atoms with E-state index >= 15 is 0 Å². The lowest BCUT2D eigenvalue weighted by Crippen LogP contribution is -2.40. The zero-order chi connectivity index (χ0) is 8.85. The Balaban J connectivity index is 3.54. The van der Waals surface area contributed by atoms with Gasteiger partial charge in [-0.3, -0.25) is 0 Å². The van der Waals surface area contributed by atoms with Crippen molar-refractivity contribution in [2.75, 3.05) is 6.54 Å². The summed E-state index contributed by atoms with van der Waals surface area (Å²) in [5.74, 6) is 0.109. The third-order valence-electron chi connectivity index (χ3n) is 1.46. The Morgan fingerprint density at radius 3 is 2.55 bits per heavy atom. The highest BCUT2D eigenvalue weighted by atomic mass is 16.4. The van der Waals surface area contributed by atoms with E-state index in [0.717, 1.165) is 0 Å². The molecule has 0 spiro atoms. The third kappa shape index (κ3) is 4.58. The van der Waals surface area contributed by atoms with Crippen LogP contribution in [0.4, 0.5) is 0 Å². The van der Waals surface area contributed by atoms with Crippen LogP contribution in [0.5, 0.6) is 0 Å². The SMILES string of the molecule is CC(O)C(C)NC/C(N)=N/O. The Morgan fingerprint density at radius 2 is 2.18 bits per heavy atom. The van der Waals surface area contributed by atoms with Crippen LogP contribution in [0.1, 0.15) is 13.8 Å². The number of hydrogen-bond acceptors (Lipinski definition) is 4. The molecule has 0 heterocycles. The first-order valence-electron chi connectivity index (χ1n) is 3.45. The van der Waals surface area contributed by atoms with Crippen molar-refractivity contribution in [1.29, 1.82) is 0 Å². The number of aliphatic hydroxyl groups is 1. The van der Waals surface area contributed by atoms with Crippen LogP contribution in [0.3, 0.4) is 0 Å². The maximum Gasteiger partial charge on any atom is 0.153 e. The molecule has 66 valence electrons. The molecule has 0 aromatic carbocycles. The molecule has 11 heavy (non-hydrogen) atoms. The monoisotopic (exact) mass is 161 g/mol. The number of oxime groups is 1. The molecule has 0 aliphatic heterocycles. The second-order valence-corrected chi connectivity index (χ2v) is 2.50. The average Bonchev–Trinajstić information content (AvgIpc) is 1.99. The van der Waals surface area contributed by atoms with Gasteiger partial charge in [-0.25, -0.2) is 0 Å². The van der Waals surface area contributed by atoms with E-state index in [1.54, 1.807) is 6.92 Å². The summed E-state index contributed by atoms with van der Waals surface area (Å²) < 4.78 is 0. The summed E-state index contributed by atoms with van der Waals surface area (Å²) in [6.45, 7) is 3.77. The molecule has 0 aromatic heterocycles. The van der Waals surface area contributed by atoms with Crippen LogP contribution in [0, 0.1) is 0 Å². The topological polar surface area (TPSA) is 90.9 Å². The Bertz CT molecular complexity index is 136. The molecule has 0 fully saturated rings. The quantitative estimate of drug-likeness (QED) is 0.186. The first kappa shape index (κ1) is 10.2. The zero-order valence-electron chi connectivity index (χ0n) is 6.78. The molecule has 0 aromatic rings. The van der Waals surface area contributed by atoms with Crippen molar-refractivity contribution in [2.24, 2.45) is 10.9 Å². The van der Waals surface area contributed by atoms with Crippen molar-refractivity contribution in [3.63, 3.8) is 0 Å². The van der Waals surface area contributed by atoms with Gasteiger partial charge in [0, 0.05) is 6.04 Å². The summed E-state index contributed by atoms with van der Waals surface area (Å²) in [6, 6.07) is -0.0599. The summed E-state index contributed by atoms with van der Waals surface area (Å²) in [6.07, 6.45) is -0.443. The predicted molar refractivity (Wildman–Crippen MR) is 42.6 cm³/mol. The molecule has 5 N–H and O–H groups in total. The van der Waals surface area contributed by atoms with E-state index in [-0.39, 0.29) is 18.4 Å². The summed E-state index contributed by atoms with van der Waals surface area (Å²) >= 11 is 0. The van der Waals surface area contributed by atoms with Gasteiger partial charge in [0.05, 0.1) is 12.6 Å². The Hall–Kier alpha value is -0.810. The van der Waals surface area contributed by atoms with Crippen LogP contribution in [-0.2, 0) is 0 Å². The normalized spacial score (nSPS) is 17.9. The van der Waals surface area contributed by atoms with Crippen molar-refractivity contribution < 1.29 is 10.3 Å². The van der Waals surface area contributed by atoms with E-state index < -0.39 is 6.10 Å². The number of nitrogens with zero attached hydrogens (tertiary/aromatic N) is 1. The van der Waals surface area contributed by atoms with E-state index in [1.165, 1.54) is 0 Å². The maximum atomic E-state index is 9.00. The van der Waals surface area contributed by atoms with Gasteiger partial charge in [-0.2, -0.15) is 0 Å². The van der Waals surface area contributed by atoms with E-state index in [4.69, 9.17) is 16.0 Å².